The summed E-state index contributed by atoms with van der Waals surface area (Å²) >= 11 is 0. The van der Waals surface area contributed by atoms with Gasteiger partial charge in [-0.15, -0.1) is 0 Å². The molecule has 5 aromatic rings. The van der Waals surface area contributed by atoms with Crippen LogP contribution in [0.1, 0.15) is 47.4 Å². The molecule has 4 N–H and O–H groups in total. The first-order valence-electron chi connectivity index (χ1n) is 16.5. The molecule has 2 aliphatic heterocycles. The number of hydrazine groups is 2. The molecule has 0 bridgehead atoms. The Morgan fingerprint density at radius 1 is 0.556 bits per heavy atom. The number of alkyl halides is 6. The summed E-state index contributed by atoms with van der Waals surface area (Å²) < 4.78 is 74.0. The summed E-state index contributed by atoms with van der Waals surface area (Å²) in [6, 6.07) is 30.1. The van der Waals surface area contributed by atoms with Gasteiger partial charge in [-0.25, -0.2) is 21.7 Å². The number of benzene rings is 3. The molecular formula is C37H36F6IrN6O3P. The molecule has 4 heterocycles. The molecule has 54 heavy (non-hydrogen) atoms. The van der Waals surface area contributed by atoms with E-state index < -0.39 is 31.7 Å². The topological polar surface area (TPSA) is 143 Å². The second-order valence-electron chi connectivity index (χ2n) is 12.4. The van der Waals surface area contributed by atoms with Crippen LogP contribution in [0.4, 0.5) is 26.3 Å². The van der Waals surface area contributed by atoms with Gasteiger partial charge in [-0.2, -0.15) is 26.3 Å². The summed E-state index contributed by atoms with van der Waals surface area (Å²) in [5.74, 6) is 0. The predicted molar refractivity (Wildman–Crippen MR) is 184 cm³/mol. The summed E-state index contributed by atoms with van der Waals surface area (Å²) in [5.41, 5.74) is 12.4. The average molecular weight is 950 g/mol. The van der Waals surface area contributed by atoms with Crippen LogP contribution in [0.3, 0.4) is 0 Å². The number of rotatable bonds is 6. The van der Waals surface area contributed by atoms with E-state index >= 15 is 0 Å². The minimum absolute atomic E-state index is 0. The number of halogens is 6. The molecule has 0 spiro atoms. The SMILES string of the molecule is FC(F)(F)C1CC(c2ccccn2)NN1.FC(F)(F)C1CC(c2ccccn2)NN1.[Ir+3].[O-]P([O-])([O-])(c1ccccc1)c1ccccc1Cc1ccccc1. The van der Waals surface area contributed by atoms with Crippen LogP contribution in [0.5, 0.6) is 0 Å². The molecule has 3 aromatic carbocycles. The van der Waals surface area contributed by atoms with Crippen molar-refractivity contribution >= 4 is 17.9 Å². The first kappa shape index (κ1) is 43.1. The van der Waals surface area contributed by atoms with Crippen molar-refractivity contribution in [1.82, 2.24) is 31.7 Å². The normalized spacial score (nSPS) is 20.6. The van der Waals surface area contributed by atoms with Crippen LogP contribution in [0.2, 0.25) is 0 Å². The van der Waals surface area contributed by atoms with Crippen molar-refractivity contribution in [2.45, 2.75) is 55.8 Å². The Morgan fingerprint density at radius 3 is 1.41 bits per heavy atom. The van der Waals surface area contributed by atoms with Gasteiger partial charge in [-0.05, 0) is 37.1 Å². The van der Waals surface area contributed by atoms with Crippen molar-refractivity contribution < 1.29 is 61.1 Å². The average Bonchev–Trinajstić information content (AvgIpc) is 3.86. The van der Waals surface area contributed by atoms with Crippen LogP contribution in [0.25, 0.3) is 0 Å². The zero-order chi connectivity index (χ0) is 38.1. The Labute approximate surface area is 321 Å². The van der Waals surface area contributed by atoms with Gasteiger partial charge >= 0.3 is 168 Å². The number of hydrogen-bond donors (Lipinski definition) is 4. The Hall–Kier alpha value is -3.66. The van der Waals surface area contributed by atoms with Crippen molar-refractivity contribution in [3.05, 3.63) is 156 Å². The predicted octanol–water partition coefficient (Wildman–Crippen LogP) is 3.71. The van der Waals surface area contributed by atoms with Crippen LogP contribution in [-0.2, 0) is 26.5 Å². The van der Waals surface area contributed by atoms with Crippen LogP contribution in [0, 0.1) is 0 Å². The fourth-order valence-corrected chi connectivity index (χ4v) is 7.73. The molecule has 2 aliphatic rings. The van der Waals surface area contributed by atoms with E-state index in [4.69, 9.17) is 0 Å². The van der Waals surface area contributed by atoms with Crippen LogP contribution in [-0.4, -0.2) is 34.4 Å². The fourth-order valence-electron chi connectivity index (χ4n) is 5.77. The Balaban J connectivity index is 0.000000185. The van der Waals surface area contributed by atoms with Crippen molar-refractivity contribution in [2.75, 3.05) is 0 Å². The first-order chi connectivity index (χ1) is 25.1. The van der Waals surface area contributed by atoms with E-state index in [0.29, 0.717) is 23.4 Å². The van der Waals surface area contributed by atoms with Gasteiger partial charge < -0.3 is 0 Å². The van der Waals surface area contributed by atoms with E-state index in [1.165, 1.54) is 18.2 Å². The summed E-state index contributed by atoms with van der Waals surface area (Å²) in [6.45, 7) is 0. The van der Waals surface area contributed by atoms with Gasteiger partial charge in [0, 0.05) is 12.4 Å². The van der Waals surface area contributed by atoms with Gasteiger partial charge in [-0.1, -0.05) is 12.1 Å². The molecule has 17 heteroatoms. The Kier molecular flexibility index (Phi) is 14.6. The van der Waals surface area contributed by atoms with Gasteiger partial charge in [0.25, 0.3) is 0 Å². The van der Waals surface area contributed by atoms with Crippen LogP contribution in [0.15, 0.2) is 134 Å². The van der Waals surface area contributed by atoms with Gasteiger partial charge in [0.2, 0.25) is 0 Å². The Bertz CT molecular complexity index is 1810. The number of hydrogen-bond acceptors (Lipinski definition) is 9. The molecule has 4 atom stereocenters. The third kappa shape index (κ3) is 11.4. The maximum atomic E-state index is 12.9. The monoisotopic (exact) mass is 950 g/mol. The summed E-state index contributed by atoms with van der Waals surface area (Å²) in [6.07, 6.45) is -4.95. The molecule has 0 aliphatic carbocycles. The fraction of sp³-hybridized carbons (Fsp3) is 0.243. The molecular weight excluding hydrogens is 914 g/mol. The van der Waals surface area contributed by atoms with E-state index in [-0.39, 0.29) is 55.6 Å². The molecule has 0 saturated carbocycles. The third-order valence-electron chi connectivity index (χ3n) is 8.53. The van der Waals surface area contributed by atoms with E-state index in [2.05, 4.69) is 31.7 Å². The van der Waals surface area contributed by atoms with Crippen LogP contribution >= 0.6 is 7.28 Å². The molecule has 4 unspecified atom stereocenters. The molecule has 9 nitrogen and oxygen atoms in total. The van der Waals surface area contributed by atoms with Crippen LogP contribution < -0.4 is 47.0 Å². The second kappa shape index (κ2) is 18.3. The van der Waals surface area contributed by atoms with E-state index in [1.54, 1.807) is 85.2 Å². The second-order valence-corrected chi connectivity index (χ2v) is 15.1. The number of nitrogens with one attached hydrogen (secondary N) is 4. The summed E-state index contributed by atoms with van der Waals surface area (Å²) in [7, 11) is -5.89. The maximum absolute atomic E-state index is 12.9. The van der Waals surface area contributed by atoms with Gasteiger partial charge in [-0.3, -0.25) is 9.97 Å². The van der Waals surface area contributed by atoms with Crippen molar-refractivity contribution in [2.24, 2.45) is 0 Å². The number of aromatic nitrogens is 2. The first-order valence-corrected chi connectivity index (χ1v) is 18.5. The number of nitrogens with zero attached hydrogens (tertiary/aromatic N) is 2. The van der Waals surface area contributed by atoms with E-state index in [1.807, 2.05) is 30.3 Å². The Morgan fingerprint density at radius 2 is 0.981 bits per heavy atom. The quantitative estimate of drug-likeness (QED) is 0.148. The molecule has 2 saturated heterocycles. The summed E-state index contributed by atoms with van der Waals surface area (Å²) in [4.78, 5) is 46.8. The summed E-state index contributed by atoms with van der Waals surface area (Å²) in [5, 5.41) is -0.340. The zero-order valence-electron chi connectivity index (χ0n) is 28.3. The van der Waals surface area contributed by atoms with E-state index in [9.17, 15) is 41.0 Å². The standard InChI is InChI=1S/C19H16O3P.2C9H10F3N3.Ir/c20-23(21,22,18-12-5-2-6-13-18)19-14-8-7-11-17(19)15-16-9-3-1-4-10-16;2*10-9(11,12)8-5-7(14-15-8)6-3-1-2-4-13-6;/h1-14H,15H2;2*1-4,7-8,14-15H,5H2;/q-3;;;+3. The third-order valence-corrected chi connectivity index (χ3v) is 11.0. The molecule has 288 valence electrons. The zero-order valence-corrected chi connectivity index (χ0v) is 31.6. The molecule has 0 radical (unpaired) electrons. The van der Waals surface area contributed by atoms with Gasteiger partial charge in [0.15, 0.2) is 0 Å². The van der Waals surface area contributed by atoms with E-state index in [0.717, 1.165) is 5.56 Å². The van der Waals surface area contributed by atoms with Crippen molar-refractivity contribution in [3.63, 3.8) is 0 Å². The molecule has 0 amide bonds. The van der Waals surface area contributed by atoms with Crippen molar-refractivity contribution in [3.8, 4) is 0 Å². The minimum atomic E-state index is -5.89. The van der Waals surface area contributed by atoms with Crippen molar-refractivity contribution in [1.29, 1.82) is 0 Å². The molecule has 2 aromatic heterocycles. The molecule has 2 fully saturated rings. The van der Waals surface area contributed by atoms with Gasteiger partial charge in [0.1, 0.15) is 12.1 Å². The number of pyridine rings is 2. The molecule has 7 rings (SSSR count). The van der Waals surface area contributed by atoms with Gasteiger partial charge in [0.05, 0.1) is 23.5 Å².